The first-order chi connectivity index (χ1) is 15.2. The van der Waals surface area contributed by atoms with Gasteiger partial charge in [-0.05, 0) is 41.8 Å². The lowest BCUT2D eigenvalue weighted by Crippen LogP contribution is -2.22. The number of alkyl halides is 3. The van der Waals surface area contributed by atoms with Gasteiger partial charge in [-0.15, -0.1) is 11.3 Å². The first kappa shape index (κ1) is 22.4. The molecule has 1 N–H and O–H groups in total. The quantitative estimate of drug-likeness (QED) is 0.278. The van der Waals surface area contributed by atoms with Crippen LogP contribution in [0.1, 0.15) is 5.56 Å². The van der Waals surface area contributed by atoms with Crippen LogP contribution in [-0.4, -0.2) is 21.2 Å². The number of nitrogens with one attached hydrogen (secondary N) is 1. The number of carbonyl (C=O) groups is 1. The molecule has 0 aliphatic rings. The number of anilines is 1. The molecule has 164 valence electrons. The largest absolute Gasteiger partial charge is 0.416 e. The third-order valence-corrected chi connectivity index (χ3v) is 6.50. The number of aromatic nitrogens is 2. The fourth-order valence-corrected chi connectivity index (χ4v) is 4.72. The van der Waals surface area contributed by atoms with Crippen LogP contribution in [0.5, 0.6) is 0 Å². The van der Waals surface area contributed by atoms with E-state index in [-0.39, 0.29) is 22.2 Å². The van der Waals surface area contributed by atoms with Gasteiger partial charge in [-0.1, -0.05) is 41.6 Å². The highest BCUT2D eigenvalue weighted by molar-refractivity contribution is 7.99. The minimum Gasteiger partial charge on any atom is -0.325 e. The summed E-state index contributed by atoms with van der Waals surface area (Å²) in [5, 5.41) is 4.76. The Morgan fingerprint density at radius 3 is 2.69 bits per heavy atom. The number of thiophene rings is 1. The van der Waals surface area contributed by atoms with E-state index < -0.39 is 17.6 Å². The molecule has 0 spiro atoms. The number of hydrogen-bond acceptors (Lipinski definition) is 5. The number of nitrogens with zero attached hydrogens (tertiary/aromatic N) is 2. The molecule has 2 aromatic heterocycles. The third kappa shape index (κ3) is 4.67. The molecule has 0 unspecified atom stereocenters. The van der Waals surface area contributed by atoms with E-state index in [2.05, 4.69) is 10.3 Å². The van der Waals surface area contributed by atoms with E-state index in [1.54, 1.807) is 35.7 Å². The van der Waals surface area contributed by atoms with Gasteiger partial charge in [-0.3, -0.25) is 14.2 Å². The van der Waals surface area contributed by atoms with E-state index in [1.807, 2.05) is 0 Å². The zero-order valence-electron chi connectivity index (χ0n) is 16.0. The zero-order chi connectivity index (χ0) is 22.9. The van der Waals surface area contributed by atoms with Crippen LogP contribution in [0.2, 0.25) is 5.02 Å². The van der Waals surface area contributed by atoms with Crippen molar-refractivity contribution in [1.29, 1.82) is 0 Å². The van der Waals surface area contributed by atoms with E-state index in [4.69, 9.17) is 11.6 Å². The molecule has 2 heterocycles. The van der Waals surface area contributed by atoms with Crippen LogP contribution in [0.15, 0.2) is 69.9 Å². The Morgan fingerprint density at radius 1 is 1.16 bits per heavy atom. The summed E-state index contributed by atoms with van der Waals surface area (Å²) < 4.78 is 40.4. The number of hydrogen-bond donors (Lipinski definition) is 1. The number of amides is 1. The maximum Gasteiger partial charge on any atom is 0.416 e. The van der Waals surface area contributed by atoms with Gasteiger partial charge >= 0.3 is 6.18 Å². The van der Waals surface area contributed by atoms with Gasteiger partial charge in [0.15, 0.2) is 5.16 Å². The predicted octanol–water partition coefficient (Wildman–Crippen LogP) is 5.85. The van der Waals surface area contributed by atoms with Crippen molar-refractivity contribution in [2.75, 3.05) is 11.1 Å². The van der Waals surface area contributed by atoms with Gasteiger partial charge in [0.05, 0.1) is 27.5 Å². The second-order valence-electron chi connectivity index (χ2n) is 6.54. The topological polar surface area (TPSA) is 64.0 Å². The van der Waals surface area contributed by atoms with E-state index >= 15 is 0 Å². The molecule has 0 radical (unpaired) electrons. The Kier molecular flexibility index (Phi) is 6.27. The molecule has 0 aliphatic carbocycles. The van der Waals surface area contributed by atoms with Crippen LogP contribution in [-0.2, 0) is 11.0 Å². The lowest BCUT2D eigenvalue weighted by atomic mass is 10.2. The molecular formula is C21H13ClF3N3O2S2. The van der Waals surface area contributed by atoms with Gasteiger partial charge in [0, 0.05) is 5.69 Å². The fraction of sp³-hybridized carbons (Fsp3) is 0.0952. The highest BCUT2D eigenvalue weighted by atomic mass is 35.5. The first-order valence-corrected chi connectivity index (χ1v) is 11.3. The summed E-state index contributed by atoms with van der Waals surface area (Å²) in [5.41, 5.74) is -0.249. The predicted molar refractivity (Wildman–Crippen MR) is 121 cm³/mol. The minimum absolute atomic E-state index is 0.0233. The third-order valence-electron chi connectivity index (χ3n) is 4.35. The maximum absolute atomic E-state index is 13.1. The summed E-state index contributed by atoms with van der Waals surface area (Å²) in [7, 11) is 0. The number of halogens is 4. The van der Waals surface area contributed by atoms with Crippen molar-refractivity contribution < 1.29 is 18.0 Å². The average Bonchev–Trinajstić information content (AvgIpc) is 3.22. The lowest BCUT2D eigenvalue weighted by molar-refractivity contribution is -0.137. The number of thioether (sulfide) groups is 1. The van der Waals surface area contributed by atoms with Gasteiger partial charge < -0.3 is 5.32 Å². The fourth-order valence-electron chi connectivity index (χ4n) is 2.93. The van der Waals surface area contributed by atoms with Crippen LogP contribution < -0.4 is 10.9 Å². The minimum atomic E-state index is -4.51. The van der Waals surface area contributed by atoms with Crippen LogP contribution in [0, 0.1) is 0 Å². The normalized spacial score (nSPS) is 11.6. The molecule has 0 bridgehead atoms. The molecule has 4 rings (SSSR count). The van der Waals surface area contributed by atoms with Gasteiger partial charge in [-0.25, -0.2) is 4.98 Å². The first-order valence-electron chi connectivity index (χ1n) is 9.09. The molecule has 2 aromatic carbocycles. The van der Waals surface area contributed by atoms with E-state index in [9.17, 15) is 22.8 Å². The Hall–Kier alpha value is -2.82. The summed E-state index contributed by atoms with van der Waals surface area (Å²) in [6.07, 6.45) is -4.51. The van der Waals surface area contributed by atoms with Crippen molar-refractivity contribution in [2.24, 2.45) is 0 Å². The van der Waals surface area contributed by atoms with Crippen molar-refractivity contribution in [3.8, 4) is 5.69 Å². The molecule has 4 aromatic rings. The zero-order valence-corrected chi connectivity index (χ0v) is 18.4. The van der Waals surface area contributed by atoms with Gasteiger partial charge in [-0.2, -0.15) is 13.2 Å². The number of fused-ring (bicyclic) bond motifs is 1. The van der Waals surface area contributed by atoms with Crippen molar-refractivity contribution in [2.45, 2.75) is 11.3 Å². The Balaban J connectivity index is 1.61. The summed E-state index contributed by atoms with van der Waals surface area (Å²) in [6, 6.07) is 12.8. The van der Waals surface area contributed by atoms with Crippen LogP contribution in [0.4, 0.5) is 18.9 Å². The van der Waals surface area contributed by atoms with Crippen molar-refractivity contribution in [3.63, 3.8) is 0 Å². The number of para-hydroxylation sites is 1. The number of benzene rings is 2. The molecule has 1 amide bonds. The summed E-state index contributed by atoms with van der Waals surface area (Å²) in [5.74, 6) is -0.720. The molecule has 0 fully saturated rings. The second kappa shape index (κ2) is 8.97. The van der Waals surface area contributed by atoms with E-state index in [0.717, 1.165) is 23.9 Å². The Morgan fingerprint density at radius 2 is 1.94 bits per heavy atom. The molecule has 5 nitrogen and oxygen atoms in total. The standard InChI is InChI=1S/C21H13ClF3N3O2S2/c22-14-6-1-2-7-16(14)28-19(30)18-15(8-9-31-18)27-20(28)32-11-17(29)26-13-5-3-4-12(10-13)21(23,24)25/h1-10H,11H2,(H,26,29). The second-order valence-corrected chi connectivity index (χ2v) is 8.80. The van der Waals surface area contributed by atoms with E-state index in [0.29, 0.717) is 20.9 Å². The molecule has 32 heavy (non-hydrogen) atoms. The number of rotatable bonds is 5. The highest BCUT2D eigenvalue weighted by Gasteiger charge is 2.30. The molecule has 0 atom stereocenters. The summed E-state index contributed by atoms with van der Waals surface area (Å²) in [4.78, 5) is 30.0. The van der Waals surface area contributed by atoms with Gasteiger partial charge in [0.2, 0.25) is 5.91 Å². The van der Waals surface area contributed by atoms with Gasteiger partial charge in [0.25, 0.3) is 5.56 Å². The van der Waals surface area contributed by atoms with Gasteiger partial charge in [0.1, 0.15) is 4.70 Å². The van der Waals surface area contributed by atoms with E-state index in [1.165, 1.54) is 28.0 Å². The molecule has 0 saturated carbocycles. The smallest absolute Gasteiger partial charge is 0.325 e. The Bertz CT molecular complexity index is 1370. The Labute approximate surface area is 192 Å². The molecule has 11 heteroatoms. The van der Waals surface area contributed by atoms with Crippen LogP contribution >= 0.6 is 34.7 Å². The van der Waals surface area contributed by atoms with Crippen molar-refractivity contribution in [1.82, 2.24) is 9.55 Å². The monoisotopic (exact) mass is 495 g/mol. The SMILES string of the molecule is O=C(CSc1nc2ccsc2c(=O)n1-c1ccccc1Cl)Nc1cccc(C(F)(F)F)c1. The molecule has 0 aliphatic heterocycles. The highest BCUT2D eigenvalue weighted by Crippen LogP contribution is 2.31. The van der Waals surface area contributed by atoms with Crippen LogP contribution in [0.25, 0.3) is 15.9 Å². The van der Waals surface area contributed by atoms with Crippen molar-refractivity contribution in [3.05, 3.63) is 80.9 Å². The molecule has 0 saturated heterocycles. The summed E-state index contributed by atoms with van der Waals surface area (Å²) in [6.45, 7) is 0. The summed E-state index contributed by atoms with van der Waals surface area (Å²) >= 11 is 8.52. The number of carbonyl (C=O) groups excluding carboxylic acids is 1. The lowest BCUT2D eigenvalue weighted by Gasteiger charge is -2.13. The van der Waals surface area contributed by atoms with Crippen LogP contribution in [0.3, 0.4) is 0 Å². The maximum atomic E-state index is 13.1. The van der Waals surface area contributed by atoms with Crippen molar-refractivity contribution >= 4 is 56.5 Å². The molecular weight excluding hydrogens is 483 g/mol. The average molecular weight is 496 g/mol.